The van der Waals surface area contributed by atoms with Gasteiger partial charge < -0.3 is 4.74 Å². The first-order chi connectivity index (χ1) is 5.33. The second-order valence-electron chi connectivity index (χ2n) is 3.12. The Balaban J connectivity index is 2.23. The highest BCUT2D eigenvalue weighted by Crippen LogP contribution is 2.22. The van der Waals surface area contributed by atoms with E-state index in [0.29, 0.717) is 19.0 Å². The molecule has 0 heterocycles. The van der Waals surface area contributed by atoms with E-state index in [1.807, 2.05) is 0 Å². The maximum absolute atomic E-state index is 9.87. The Morgan fingerprint density at radius 2 is 2.64 bits per heavy atom. The number of hydrogen-bond donors (Lipinski definition) is 0. The van der Waals surface area contributed by atoms with Gasteiger partial charge in [0.05, 0.1) is 6.61 Å². The van der Waals surface area contributed by atoms with Crippen molar-refractivity contribution in [3.8, 4) is 0 Å². The number of carbonyl (C=O) groups is 1. The molecule has 62 valence electrons. The predicted octanol–water partition coefficient (Wildman–Crippen LogP) is 1.91. The zero-order valence-electron chi connectivity index (χ0n) is 6.88. The van der Waals surface area contributed by atoms with Crippen molar-refractivity contribution >= 4 is 6.47 Å². The van der Waals surface area contributed by atoms with Crippen LogP contribution in [0.2, 0.25) is 0 Å². The van der Waals surface area contributed by atoms with Crippen molar-refractivity contribution in [1.29, 1.82) is 0 Å². The van der Waals surface area contributed by atoms with Crippen LogP contribution < -0.4 is 0 Å². The van der Waals surface area contributed by atoms with Gasteiger partial charge in [-0.05, 0) is 32.1 Å². The summed E-state index contributed by atoms with van der Waals surface area (Å²) in [6, 6.07) is 0. The Kier molecular flexibility index (Phi) is 3.14. The maximum Gasteiger partial charge on any atom is 0.293 e. The molecule has 1 unspecified atom stereocenters. The summed E-state index contributed by atoms with van der Waals surface area (Å²) in [7, 11) is 0. The summed E-state index contributed by atoms with van der Waals surface area (Å²) in [5.74, 6) is 0.559. The average molecular weight is 154 g/mol. The average Bonchev–Trinajstić information content (AvgIpc) is 2.04. The number of allylic oxidation sites excluding steroid dienone is 2. The molecule has 0 spiro atoms. The van der Waals surface area contributed by atoms with Crippen molar-refractivity contribution in [3.63, 3.8) is 0 Å². The van der Waals surface area contributed by atoms with Crippen LogP contribution in [-0.2, 0) is 9.53 Å². The van der Waals surface area contributed by atoms with Gasteiger partial charge in [-0.1, -0.05) is 11.6 Å². The molecule has 0 aromatic heterocycles. The molecular formula is C9H14O2. The minimum absolute atomic E-state index is 0.533. The van der Waals surface area contributed by atoms with Gasteiger partial charge in [-0.25, -0.2) is 0 Å². The van der Waals surface area contributed by atoms with Crippen LogP contribution in [0, 0.1) is 5.92 Å². The molecule has 1 aliphatic carbocycles. The summed E-state index contributed by atoms with van der Waals surface area (Å²) in [5, 5.41) is 0. The van der Waals surface area contributed by atoms with Gasteiger partial charge in [0.15, 0.2) is 0 Å². The summed E-state index contributed by atoms with van der Waals surface area (Å²) < 4.78 is 4.70. The second-order valence-corrected chi connectivity index (χ2v) is 3.12. The molecule has 0 saturated carbocycles. The van der Waals surface area contributed by atoms with Crippen LogP contribution >= 0.6 is 0 Å². The van der Waals surface area contributed by atoms with E-state index < -0.39 is 0 Å². The van der Waals surface area contributed by atoms with E-state index in [-0.39, 0.29) is 0 Å². The smallest absolute Gasteiger partial charge is 0.293 e. The summed E-state index contributed by atoms with van der Waals surface area (Å²) in [6.07, 6.45) is 5.63. The van der Waals surface area contributed by atoms with E-state index in [2.05, 4.69) is 13.0 Å². The molecule has 0 bridgehead atoms. The van der Waals surface area contributed by atoms with Crippen molar-refractivity contribution in [2.75, 3.05) is 6.61 Å². The Hall–Kier alpha value is -0.790. The monoisotopic (exact) mass is 154 g/mol. The fourth-order valence-electron chi connectivity index (χ4n) is 1.35. The SMILES string of the molecule is CC1=CCC(COC=O)CC1. The highest BCUT2D eigenvalue weighted by Gasteiger charge is 2.12. The molecule has 0 aromatic carbocycles. The van der Waals surface area contributed by atoms with E-state index >= 15 is 0 Å². The lowest BCUT2D eigenvalue weighted by Crippen LogP contribution is -2.11. The molecule has 2 heteroatoms. The van der Waals surface area contributed by atoms with Crippen molar-refractivity contribution in [2.45, 2.75) is 26.2 Å². The molecule has 0 fully saturated rings. The number of carbonyl (C=O) groups excluding carboxylic acids is 1. The summed E-state index contributed by atoms with van der Waals surface area (Å²) >= 11 is 0. The third-order valence-corrected chi connectivity index (χ3v) is 2.15. The van der Waals surface area contributed by atoms with Crippen LogP contribution in [-0.4, -0.2) is 13.1 Å². The van der Waals surface area contributed by atoms with E-state index in [1.54, 1.807) is 0 Å². The Labute approximate surface area is 67.2 Å². The van der Waals surface area contributed by atoms with E-state index in [1.165, 1.54) is 5.57 Å². The largest absolute Gasteiger partial charge is 0.468 e. The summed E-state index contributed by atoms with van der Waals surface area (Å²) in [6.45, 7) is 3.27. The molecule has 0 N–H and O–H groups in total. The number of hydrogen-bond acceptors (Lipinski definition) is 2. The van der Waals surface area contributed by atoms with Crippen LogP contribution in [0.1, 0.15) is 26.2 Å². The normalized spacial score (nSPS) is 24.1. The van der Waals surface area contributed by atoms with Crippen LogP contribution in [0.5, 0.6) is 0 Å². The molecule has 0 saturated heterocycles. The molecule has 0 aromatic rings. The van der Waals surface area contributed by atoms with Gasteiger partial charge in [-0.2, -0.15) is 0 Å². The molecule has 0 amide bonds. The molecular weight excluding hydrogens is 140 g/mol. The Bertz CT molecular complexity index is 161. The highest BCUT2D eigenvalue weighted by molar-refractivity contribution is 5.36. The maximum atomic E-state index is 9.87. The molecule has 0 aliphatic heterocycles. The molecule has 0 radical (unpaired) electrons. The minimum atomic E-state index is 0.533. The third kappa shape index (κ3) is 2.74. The lowest BCUT2D eigenvalue weighted by molar-refractivity contribution is -0.130. The fraction of sp³-hybridized carbons (Fsp3) is 0.667. The first-order valence-corrected chi connectivity index (χ1v) is 4.04. The van der Waals surface area contributed by atoms with Gasteiger partial charge in [0.25, 0.3) is 6.47 Å². The van der Waals surface area contributed by atoms with Gasteiger partial charge >= 0.3 is 0 Å². The molecule has 2 nitrogen and oxygen atoms in total. The highest BCUT2D eigenvalue weighted by atomic mass is 16.5. The van der Waals surface area contributed by atoms with Crippen LogP contribution in [0.15, 0.2) is 11.6 Å². The predicted molar refractivity (Wildman–Crippen MR) is 43.1 cm³/mol. The minimum Gasteiger partial charge on any atom is -0.468 e. The van der Waals surface area contributed by atoms with E-state index in [0.717, 1.165) is 19.3 Å². The lowest BCUT2D eigenvalue weighted by Gasteiger charge is -2.18. The number of rotatable bonds is 3. The first kappa shape index (κ1) is 8.31. The zero-order valence-corrected chi connectivity index (χ0v) is 6.88. The fourth-order valence-corrected chi connectivity index (χ4v) is 1.35. The van der Waals surface area contributed by atoms with Gasteiger partial charge in [0, 0.05) is 0 Å². The Morgan fingerprint density at radius 1 is 1.82 bits per heavy atom. The van der Waals surface area contributed by atoms with Crippen LogP contribution in [0.25, 0.3) is 0 Å². The first-order valence-electron chi connectivity index (χ1n) is 4.04. The lowest BCUT2D eigenvalue weighted by atomic mass is 9.91. The molecule has 1 atom stereocenters. The molecule has 11 heavy (non-hydrogen) atoms. The molecule has 1 rings (SSSR count). The van der Waals surface area contributed by atoms with Crippen molar-refractivity contribution < 1.29 is 9.53 Å². The van der Waals surface area contributed by atoms with Gasteiger partial charge in [-0.3, -0.25) is 4.79 Å². The number of ether oxygens (including phenoxy) is 1. The topological polar surface area (TPSA) is 26.3 Å². The van der Waals surface area contributed by atoms with Crippen LogP contribution in [0.4, 0.5) is 0 Å². The standard InChI is InChI=1S/C9H14O2/c1-8-2-4-9(5-3-8)6-11-7-10/h2,7,9H,3-6H2,1H3. The van der Waals surface area contributed by atoms with E-state index in [9.17, 15) is 4.79 Å². The summed E-state index contributed by atoms with van der Waals surface area (Å²) in [4.78, 5) is 9.87. The van der Waals surface area contributed by atoms with Gasteiger partial charge in [0.1, 0.15) is 0 Å². The van der Waals surface area contributed by atoms with Gasteiger partial charge in [-0.15, -0.1) is 0 Å². The Morgan fingerprint density at radius 3 is 3.18 bits per heavy atom. The third-order valence-electron chi connectivity index (χ3n) is 2.15. The van der Waals surface area contributed by atoms with Crippen molar-refractivity contribution in [2.24, 2.45) is 5.92 Å². The van der Waals surface area contributed by atoms with Gasteiger partial charge in [0.2, 0.25) is 0 Å². The second kappa shape index (κ2) is 4.16. The van der Waals surface area contributed by atoms with Crippen molar-refractivity contribution in [1.82, 2.24) is 0 Å². The van der Waals surface area contributed by atoms with E-state index in [4.69, 9.17) is 4.74 Å². The zero-order chi connectivity index (χ0) is 8.10. The quantitative estimate of drug-likeness (QED) is 0.458. The van der Waals surface area contributed by atoms with Crippen LogP contribution in [0.3, 0.4) is 0 Å². The summed E-state index contributed by atoms with van der Waals surface area (Å²) in [5.41, 5.74) is 1.47. The molecule has 1 aliphatic rings. The van der Waals surface area contributed by atoms with Crippen molar-refractivity contribution in [3.05, 3.63) is 11.6 Å².